The number of rotatable bonds is 9. The molecule has 2 aromatic rings. The second-order valence-electron chi connectivity index (χ2n) is 9.04. The van der Waals surface area contributed by atoms with Crippen molar-refractivity contribution in [3.05, 3.63) is 36.2 Å². The van der Waals surface area contributed by atoms with Crippen LogP contribution in [0.25, 0.3) is 0 Å². The van der Waals surface area contributed by atoms with Gasteiger partial charge in [-0.3, -0.25) is 15.1 Å². The standard InChI is InChI=1S/C22H36N8O/c1-3-6-30-14-18(26-22(31)28(2)7-4-8-29-9-5-24-15-29)10-16-11-19-17(12-20(16)30)13-25-21(23)27-19/h5,9,13,15-16,18,20,22,26,31H,3-4,6-8,10-12,14H2,1-2H3,(H2,23,25,27)/t16-,18+,20?,22?/m1/s1. The van der Waals surface area contributed by atoms with Crippen molar-refractivity contribution in [2.24, 2.45) is 5.92 Å². The molecule has 3 heterocycles. The van der Waals surface area contributed by atoms with Crippen molar-refractivity contribution in [2.75, 3.05) is 32.4 Å². The maximum Gasteiger partial charge on any atom is 0.220 e. The van der Waals surface area contributed by atoms with Crippen molar-refractivity contribution < 1.29 is 5.11 Å². The van der Waals surface area contributed by atoms with E-state index in [1.54, 1.807) is 6.20 Å². The highest BCUT2D eigenvalue weighted by Gasteiger charge is 2.40. The third kappa shape index (κ3) is 5.41. The fourth-order valence-corrected chi connectivity index (χ4v) is 5.15. The number of aromatic nitrogens is 4. The SMILES string of the molecule is CCCN1C[C@@H](NC(O)N(C)CCCn2ccnc2)C[C@@H]2Cc3nc(N)ncc3CC21. The summed E-state index contributed by atoms with van der Waals surface area (Å²) in [6, 6.07) is 0.766. The molecule has 31 heavy (non-hydrogen) atoms. The highest BCUT2D eigenvalue weighted by molar-refractivity contribution is 5.29. The van der Waals surface area contributed by atoms with Gasteiger partial charge in [-0.2, -0.15) is 0 Å². The number of imidazole rings is 1. The minimum Gasteiger partial charge on any atom is -0.368 e. The fourth-order valence-electron chi connectivity index (χ4n) is 5.15. The number of piperidine rings is 1. The van der Waals surface area contributed by atoms with Crippen molar-refractivity contribution in [1.29, 1.82) is 0 Å². The van der Waals surface area contributed by atoms with Crippen LogP contribution >= 0.6 is 0 Å². The Hall–Kier alpha value is -2.07. The zero-order chi connectivity index (χ0) is 21.8. The molecule has 1 aliphatic heterocycles. The summed E-state index contributed by atoms with van der Waals surface area (Å²) in [7, 11) is 1.97. The van der Waals surface area contributed by atoms with Crippen LogP contribution in [-0.4, -0.2) is 79.5 Å². The van der Waals surface area contributed by atoms with E-state index in [9.17, 15) is 5.11 Å². The quantitative estimate of drug-likeness (QED) is 0.501. The van der Waals surface area contributed by atoms with Crippen molar-refractivity contribution in [1.82, 2.24) is 34.6 Å². The smallest absolute Gasteiger partial charge is 0.220 e. The summed E-state index contributed by atoms with van der Waals surface area (Å²) in [6.07, 6.45) is 11.9. The summed E-state index contributed by atoms with van der Waals surface area (Å²) < 4.78 is 2.06. The van der Waals surface area contributed by atoms with Gasteiger partial charge in [0.2, 0.25) is 5.95 Å². The third-order valence-electron chi connectivity index (χ3n) is 6.71. The monoisotopic (exact) mass is 428 g/mol. The summed E-state index contributed by atoms with van der Waals surface area (Å²) in [6.45, 7) is 5.98. The van der Waals surface area contributed by atoms with Gasteiger partial charge in [0.15, 0.2) is 6.35 Å². The van der Waals surface area contributed by atoms with Crippen LogP contribution < -0.4 is 11.1 Å². The Balaban J connectivity index is 1.34. The molecular weight excluding hydrogens is 392 g/mol. The lowest BCUT2D eigenvalue weighted by Gasteiger charge is -2.48. The first-order valence-electron chi connectivity index (χ1n) is 11.5. The fraction of sp³-hybridized carbons (Fsp3) is 0.682. The van der Waals surface area contributed by atoms with Gasteiger partial charge < -0.3 is 15.4 Å². The molecule has 0 aromatic carbocycles. The van der Waals surface area contributed by atoms with Crippen LogP contribution in [0.5, 0.6) is 0 Å². The van der Waals surface area contributed by atoms with Crippen molar-refractivity contribution in [2.45, 2.75) is 64.0 Å². The summed E-state index contributed by atoms with van der Waals surface area (Å²) in [5.74, 6) is 0.874. The Morgan fingerprint density at radius 2 is 2.23 bits per heavy atom. The summed E-state index contributed by atoms with van der Waals surface area (Å²) >= 11 is 0. The zero-order valence-electron chi connectivity index (χ0n) is 18.7. The van der Waals surface area contributed by atoms with E-state index in [1.165, 1.54) is 5.56 Å². The summed E-state index contributed by atoms with van der Waals surface area (Å²) in [4.78, 5) is 17.4. The highest BCUT2D eigenvalue weighted by Crippen LogP contribution is 2.34. The molecular formula is C22H36N8O. The van der Waals surface area contributed by atoms with Crippen LogP contribution in [0, 0.1) is 5.92 Å². The van der Waals surface area contributed by atoms with Crippen molar-refractivity contribution in [3.63, 3.8) is 0 Å². The number of fused-ring (bicyclic) bond motifs is 2. The molecule has 2 unspecified atom stereocenters. The van der Waals surface area contributed by atoms with Crippen LogP contribution in [0.15, 0.2) is 24.9 Å². The second-order valence-corrected chi connectivity index (χ2v) is 9.04. The maximum absolute atomic E-state index is 10.8. The predicted molar refractivity (Wildman–Crippen MR) is 120 cm³/mol. The Morgan fingerprint density at radius 3 is 3.00 bits per heavy atom. The van der Waals surface area contributed by atoms with Crippen LogP contribution in [0.2, 0.25) is 0 Å². The molecule has 2 aliphatic rings. The molecule has 0 bridgehead atoms. The number of hydrogen-bond acceptors (Lipinski definition) is 8. The molecule has 0 spiro atoms. The molecule has 4 N–H and O–H groups in total. The number of likely N-dealkylation sites (tertiary alicyclic amines) is 1. The van der Waals surface area contributed by atoms with Gasteiger partial charge in [0, 0.05) is 56.0 Å². The van der Waals surface area contributed by atoms with E-state index in [0.29, 0.717) is 17.9 Å². The van der Waals surface area contributed by atoms with E-state index < -0.39 is 6.35 Å². The van der Waals surface area contributed by atoms with Gasteiger partial charge in [-0.1, -0.05) is 6.92 Å². The number of aliphatic hydroxyl groups is 1. The number of nitrogens with zero attached hydrogens (tertiary/aromatic N) is 6. The van der Waals surface area contributed by atoms with Crippen LogP contribution in [0.4, 0.5) is 5.95 Å². The van der Waals surface area contributed by atoms with E-state index in [1.807, 2.05) is 30.7 Å². The Morgan fingerprint density at radius 1 is 1.35 bits per heavy atom. The molecule has 170 valence electrons. The van der Waals surface area contributed by atoms with E-state index in [2.05, 4.69) is 36.7 Å². The second kappa shape index (κ2) is 10.0. The molecule has 0 amide bonds. The minimum atomic E-state index is -0.651. The Bertz CT molecular complexity index is 829. The summed E-state index contributed by atoms with van der Waals surface area (Å²) in [5, 5.41) is 14.3. The van der Waals surface area contributed by atoms with Crippen molar-refractivity contribution >= 4 is 5.95 Å². The lowest BCUT2D eigenvalue weighted by atomic mass is 9.76. The van der Waals surface area contributed by atoms with Crippen LogP contribution in [0.3, 0.4) is 0 Å². The molecule has 0 radical (unpaired) electrons. The van der Waals surface area contributed by atoms with Crippen LogP contribution in [-0.2, 0) is 19.4 Å². The zero-order valence-corrected chi connectivity index (χ0v) is 18.7. The molecule has 0 saturated carbocycles. The van der Waals surface area contributed by atoms with Crippen LogP contribution in [0.1, 0.15) is 37.4 Å². The van der Waals surface area contributed by atoms with E-state index in [4.69, 9.17) is 5.73 Å². The van der Waals surface area contributed by atoms with E-state index >= 15 is 0 Å². The van der Waals surface area contributed by atoms with Gasteiger partial charge in [0.05, 0.1) is 6.33 Å². The van der Waals surface area contributed by atoms with Gasteiger partial charge in [-0.05, 0) is 57.2 Å². The first-order valence-corrected chi connectivity index (χ1v) is 11.5. The molecule has 1 aliphatic carbocycles. The number of nitrogens with two attached hydrogens (primary N) is 1. The predicted octanol–water partition coefficient (Wildman–Crippen LogP) is 0.711. The van der Waals surface area contributed by atoms with Gasteiger partial charge in [-0.15, -0.1) is 0 Å². The number of aryl methyl sites for hydroxylation is 1. The molecule has 4 atom stereocenters. The van der Waals surface area contributed by atoms with Gasteiger partial charge in [0.1, 0.15) is 0 Å². The molecule has 1 saturated heterocycles. The normalized spacial score (nSPS) is 24.7. The first-order chi connectivity index (χ1) is 15.0. The Labute approximate surface area is 184 Å². The number of nitrogen functional groups attached to an aromatic ring is 1. The third-order valence-corrected chi connectivity index (χ3v) is 6.71. The molecule has 4 rings (SSSR count). The van der Waals surface area contributed by atoms with Gasteiger partial charge in [-0.25, -0.2) is 15.0 Å². The van der Waals surface area contributed by atoms with Gasteiger partial charge in [0.25, 0.3) is 0 Å². The highest BCUT2D eigenvalue weighted by atomic mass is 16.3. The average molecular weight is 429 g/mol. The van der Waals surface area contributed by atoms with Crippen molar-refractivity contribution in [3.8, 4) is 0 Å². The summed E-state index contributed by atoms with van der Waals surface area (Å²) in [5.41, 5.74) is 8.17. The topological polar surface area (TPSA) is 108 Å². The van der Waals surface area contributed by atoms with E-state index in [0.717, 1.165) is 64.0 Å². The first kappa shape index (κ1) is 22.1. The largest absolute Gasteiger partial charge is 0.368 e. The number of aliphatic hydroxyl groups excluding tert-OH is 1. The van der Waals surface area contributed by atoms with Gasteiger partial charge >= 0.3 is 0 Å². The average Bonchev–Trinajstić information content (AvgIpc) is 3.26. The number of nitrogens with one attached hydrogen (secondary N) is 1. The minimum absolute atomic E-state index is 0.250. The lowest BCUT2D eigenvalue weighted by Crippen LogP contribution is -2.60. The lowest BCUT2D eigenvalue weighted by molar-refractivity contribution is -0.0349. The molecule has 9 heteroatoms. The van der Waals surface area contributed by atoms with E-state index in [-0.39, 0.29) is 6.04 Å². The molecule has 1 fully saturated rings. The molecule has 2 aromatic heterocycles. The maximum atomic E-state index is 10.8. The molecule has 9 nitrogen and oxygen atoms in total. The Kier molecular flexibility index (Phi) is 7.16. The number of anilines is 1. The number of hydrogen-bond donors (Lipinski definition) is 3.